The van der Waals surface area contributed by atoms with Gasteiger partial charge in [0.25, 0.3) is 5.91 Å². The Bertz CT molecular complexity index is 1120. The third-order valence-electron chi connectivity index (χ3n) is 6.75. The summed E-state index contributed by atoms with van der Waals surface area (Å²) >= 11 is 5.89. The maximum absolute atomic E-state index is 12.9. The highest BCUT2D eigenvalue weighted by Gasteiger charge is 2.29. The molecule has 2 aromatic carbocycles. The van der Waals surface area contributed by atoms with Crippen molar-refractivity contribution in [3.8, 4) is 0 Å². The van der Waals surface area contributed by atoms with Gasteiger partial charge in [-0.05, 0) is 80.1 Å². The second kappa shape index (κ2) is 10.5. The van der Waals surface area contributed by atoms with E-state index in [2.05, 4.69) is 12.2 Å². The number of piperidine rings is 2. The summed E-state index contributed by atoms with van der Waals surface area (Å²) in [4.78, 5) is 27.4. The fourth-order valence-electron chi connectivity index (χ4n) is 4.45. The number of carbonyl (C=O) groups is 2. The molecule has 7 nitrogen and oxygen atoms in total. The molecule has 182 valence electrons. The Hall–Kier alpha value is -2.42. The molecular formula is C25H30ClN3O4S. The molecule has 0 aliphatic carbocycles. The largest absolute Gasteiger partial charge is 0.339 e. The van der Waals surface area contributed by atoms with Crippen molar-refractivity contribution in [3.63, 3.8) is 0 Å². The van der Waals surface area contributed by atoms with Gasteiger partial charge in [-0.1, -0.05) is 18.5 Å². The van der Waals surface area contributed by atoms with E-state index in [1.54, 1.807) is 57.7 Å². The first-order chi connectivity index (χ1) is 16.2. The van der Waals surface area contributed by atoms with Gasteiger partial charge >= 0.3 is 0 Å². The SMILES string of the molecule is CC1CCN(S(=O)(=O)c2ccc(NC(=O)C3CCN(C(=O)c4ccc(Cl)cc4)CC3)cc2)CC1. The Morgan fingerprint density at radius 1 is 0.882 bits per heavy atom. The van der Waals surface area contributed by atoms with Gasteiger partial charge in [0.2, 0.25) is 15.9 Å². The molecule has 2 saturated heterocycles. The van der Waals surface area contributed by atoms with Crippen molar-refractivity contribution in [1.82, 2.24) is 9.21 Å². The summed E-state index contributed by atoms with van der Waals surface area (Å²) in [7, 11) is -3.51. The summed E-state index contributed by atoms with van der Waals surface area (Å²) in [5.74, 6) is 0.175. The third-order valence-corrected chi connectivity index (χ3v) is 8.91. The van der Waals surface area contributed by atoms with Gasteiger partial charge in [-0.25, -0.2) is 8.42 Å². The van der Waals surface area contributed by atoms with E-state index in [1.165, 1.54) is 0 Å². The van der Waals surface area contributed by atoms with Crippen LogP contribution in [0.1, 0.15) is 43.0 Å². The maximum Gasteiger partial charge on any atom is 0.253 e. The number of halogens is 1. The van der Waals surface area contributed by atoms with Gasteiger partial charge < -0.3 is 10.2 Å². The van der Waals surface area contributed by atoms with Gasteiger partial charge in [0, 0.05) is 48.4 Å². The van der Waals surface area contributed by atoms with E-state index in [-0.39, 0.29) is 22.6 Å². The van der Waals surface area contributed by atoms with Crippen molar-refractivity contribution in [2.24, 2.45) is 11.8 Å². The number of sulfonamides is 1. The zero-order valence-electron chi connectivity index (χ0n) is 19.2. The first-order valence-electron chi connectivity index (χ1n) is 11.7. The molecule has 0 atom stereocenters. The highest BCUT2D eigenvalue weighted by atomic mass is 35.5. The number of hydrogen-bond donors (Lipinski definition) is 1. The molecule has 2 aliphatic heterocycles. The molecule has 0 saturated carbocycles. The number of likely N-dealkylation sites (tertiary alicyclic amines) is 1. The van der Waals surface area contributed by atoms with Crippen molar-refractivity contribution in [2.75, 3.05) is 31.5 Å². The number of rotatable bonds is 5. The van der Waals surface area contributed by atoms with E-state index in [1.807, 2.05) is 0 Å². The Labute approximate surface area is 206 Å². The van der Waals surface area contributed by atoms with Crippen LogP contribution < -0.4 is 5.32 Å². The topological polar surface area (TPSA) is 86.8 Å². The van der Waals surface area contributed by atoms with Crippen molar-refractivity contribution in [1.29, 1.82) is 0 Å². The Morgan fingerprint density at radius 3 is 2.06 bits per heavy atom. The summed E-state index contributed by atoms with van der Waals surface area (Å²) in [6, 6.07) is 13.2. The number of hydrogen-bond acceptors (Lipinski definition) is 4. The van der Waals surface area contributed by atoms with Crippen LogP contribution in [0.15, 0.2) is 53.4 Å². The zero-order valence-corrected chi connectivity index (χ0v) is 20.8. The van der Waals surface area contributed by atoms with Crippen molar-refractivity contribution < 1.29 is 18.0 Å². The fraction of sp³-hybridized carbons (Fsp3) is 0.440. The standard InChI is InChI=1S/C25H30ClN3O4S/c1-18-10-16-29(17-11-18)34(32,33)23-8-6-22(7-9-23)27-24(30)19-12-14-28(15-13-19)25(31)20-2-4-21(26)5-3-20/h2-9,18-19H,10-17H2,1H3,(H,27,30). The quantitative estimate of drug-likeness (QED) is 0.660. The van der Waals surface area contributed by atoms with Crippen LogP contribution in [0.2, 0.25) is 5.02 Å². The Kier molecular flexibility index (Phi) is 7.60. The third kappa shape index (κ3) is 5.62. The minimum atomic E-state index is -3.51. The number of nitrogens with zero attached hydrogens (tertiary/aromatic N) is 2. The second-order valence-corrected chi connectivity index (χ2v) is 11.5. The van der Waals surface area contributed by atoms with Crippen LogP contribution in [0, 0.1) is 11.8 Å². The minimum absolute atomic E-state index is 0.0597. The van der Waals surface area contributed by atoms with Crippen LogP contribution in [-0.4, -0.2) is 55.6 Å². The average Bonchev–Trinajstić information content (AvgIpc) is 2.85. The Balaban J connectivity index is 1.30. The van der Waals surface area contributed by atoms with Crippen molar-refractivity contribution >= 4 is 39.1 Å². The minimum Gasteiger partial charge on any atom is -0.339 e. The molecular weight excluding hydrogens is 474 g/mol. The predicted molar refractivity (Wildman–Crippen MR) is 132 cm³/mol. The predicted octanol–water partition coefficient (Wildman–Crippen LogP) is 4.25. The van der Waals surface area contributed by atoms with Crippen molar-refractivity contribution in [3.05, 3.63) is 59.1 Å². The molecule has 0 aromatic heterocycles. The van der Waals surface area contributed by atoms with Crippen LogP contribution in [0.25, 0.3) is 0 Å². The lowest BCUT2D eigenvalue weighted by Gasteiger charge is -2.31. The summed E-state index contributed by atoms with van der Waals surface area (Å²) in [5.41, 5.74) is 1.15. The lowest BCUT2D eigenvalue weighted by Crippen LogP contribution is -2.41. The Morgan fingerprint density at radius 2 is 1.47 bits per heavy atom. The molecule has 4 rings (SSSR count). The molecule has 2 amide bonds. The molecule has 2 fully saturated rings. The maximum atomic E-state index is 12.9. The lowest BCUT2D eigenvalue weighted by molar-refractivity contribution is -0.121. The van der Waals surface area contributed by atoms with E-state index < -0.39 is 10.0 Å². The number of benzene rings is 2. The second-order valence-electron chi connectivity index (χ2n) is 9.17. The van der Waals surface area contributed by atoms with Crippen LogP contribution in [0.4, 0.5) is 5.69 Å². The van der Waals surface area contributed by atoms with Crippen LogP contribution >= 0.6 is 11.6 Å². The van der Waals surface area contributed by atoms with E-state index in [0.29, 0.717) is 61.2 Å². The molecule has 2 aromatic rings. The highest BCUT2D eigenvalue weighted by Crippen LogP contribution is 2.25. The van der Waals surface area contributed by atoms with Gasteiger partial charge in [-0.2, -0.15) is 4.31 Å². The van der Waals surface area contributed by atoms with Crippen LogP contribution in [0.5, 0.6) is 0 Å². The van der Waals surface area contributed by atoms with E-state index in [0.717, 1.165) is 12.8 Å². The molecule has 0 spiro atoms. The van der Waals surface area contributed by atoms with Crippen LogP contribution in [-0.2, 0) is 14.8 Å². The van der Waals surface area contributed by atoms with Gasteiger partial charge in [-0.15, -0.1) is 0 Å². The van der Waals surface area contributed by atoms with Gasteiger partial charge in [0.15, 0.2) is 0 Å². The first kappa shape index (κ1) is 24.7. The molecule has 1 N–H and O–H groups in total. The highest BCUT2D eigenvalue weighted by molar-refractivity contribution is 7.89. The normalized spacial score (nSPS) is 18.6. The summed E-state index contributed by atoms with van der Waals surface area (Å²) in [6.07, 6.45) is 2.89. The fourth-order valence-corrected chi connectivity index (χ4v) is 6.04. The number of anilines is 1. The van der Waals surface area contributed by atoms with Gasteiger partial charge in [0.05, 0.1) is 4.90 Å². The molecule has 0 bridgehead atoms. The summed E-state index contributed by atoms with van der Waals surface area (Å²) in [5, 5.41) is 3.47. The van der Waals surface area contributed by atoms with Gasteiger partial charge in [0.1, 0.15) is 0 Å². The molecule has 0 unspecified atom stereocenters. The molecule has 9 heteroatoms. The molecule has 0 radical (unpaired) electrons. The molecule has 34 heavy (non-hydrogen) atoms. The summed E-state index contributed by atoms with van der Waals surface area (Å²) < 4.78 is 27.3. The van der Waals surface area contributed by atoms with E-state index in [9.17, 15) is 18.0 Å². The molecule has 2 heterocycles. The summed E-state index contributed by atoms with van der Waals surface area (Å²) in [6.45, 7) is 4.24. The smallest absolute Gasteiger partial charge is 0.253 e. The lowest BCUT2D eigenvalue weighted by atomic mass is 9.95. The van der Waals surface area contributed by atoms with E-state index in [4.69, 9.17) is 11.6 Å². The zero-order chi connectivity index (χ0) is 24.3. The number of nitrogens with one attached hydrogen (secondary N) is 1. The first-order valence-corrected chi connectivity index (χ1v) is 13.5. The number of amides is 2. The van der Waals surface area contributed by atoms with Gasteiger partial charge in [-0.3, -0.25) is 9.59 Å². The molecule has 2 aliphatic rings. The monoisotopic (exact) mass is 503 g/mol. The average molecular weight is 504 g/mol. The van der Waals surface area contributed by atoms with Crippen LogP contribution in [0.3, 0.4) is 0 Å². The van der Waals surface area contributed by atoms with Crippen molar-refractivity contribution in [2.45, 2.75) is 37.5 Å². The van der Waals surface area contributed by atoms with E-state index >= 15 is 0 Å². The number of carbonyl (C=O) groups excluding carboxylic acids is 2.